The summed E-state index contributed by atoms with van der Waals surface area (Å²) in [7, 11) is 0. The molecule has 0 aromatic carbocycles. The minimum atomic E-state index is -0.239. The molecule has 2 heterocycles. The molecule has 0 spiro atoms. The summed E-state index contributed by atoms with van der Waals surface area (Å²) < 4.78 is 12.5. The van der Waals surface area contributed by atoms with Crippen LogP contribution in [0.2, 0.25) is 0 Å². The molecule has 19 heavy (non-hydrogen) atoms. The third-order valence-electron chi connectivity index (χ3n) is 2.60. The topological polar surface area (TPSA) is 108 Å². The molecule has 0 radical (unpaired) electrons. The molecule has 2 rings (SSSR count). The van der Waals surface area contributed by atoms with E-state index in [1.807, 2.05) is 6.92 Å². The van der Waals surface area contributed by atoms with E-state index in [2.05, 4.69) is 15.0 Å². The molecule has 0 saturated carbocycles. The monoisotopic (exact) mass is 267 g/mol. The van der Waals surface area contributed by atoms with Crippen LogP contribution in [0.4, 0.5) is 5.82 Å². The quantitative estimate of drug-likeness (QED) is 0.677. The van der Waals surface area contributed by atoms with E-state index in [0.29, 0.717) is 36.8 Å². The largest absolute Gasteiger partial charge is 0.394 e. The molecule has 0 aliphatic heterocycles. The van der Waals surface area contributed by atoms with E-state index in [0.717, 1.165) is 0 Å². The lowest BCUT2D eigenvalue weighted by Gasteiger charge is -2.14. The predicted molar refractivity (Wildman–Crippen MR) is 68.3 cm³/mol. The van der Waals surface area contributed by atoms with Gasteiger partial charge >= 0.3 is 0 Å². The Morgan fingerprint density at radius 2 is 2.16 bits per heavy atom. The number of aliphatic hydroxyl groups is 1. The molecule has 2 aromatic rings. The molecule has 8 heteroatoms. The number of hydrogen-bond acceptors (Lipinski definition) is 7. The summed E-state index contributed by atoms with van der Waals surface area (Å²) in [4.78, 5) is 12.2. The van der Waals surface area contributed by atoms with Gasteiger partial charge in [-0.15, -0.1) is 0 Å². The lowest BCUT2D eigenvalue weighted by molar-refractivity contribution is -0.0235. The first-order chi connectivity index (χ1) is 9.24. The Morgan fingerprint density at radius 3 is 2.95 bits per heavy atom. The number of nitrogens with two attached hydrogens (primary N) is 1. The van der Waals surface area contributed by atoms with Crippen LogP contribution >= 0.6 is 0 Å². The van der Waals surface area contributed by atoms with Crippen molar-refractivity contribution in [2.75, 3.05) is 32.2 Å². The zero-order chi connectivity index (χ0) is 13.7. The Balaban J connectivity index is 1.97. The second-order valence-electron chi connectivity index (χ2n) is 3.89. The lowest BCUT2D eigenvalue weighted by Crippen LogP contribution is -2.14. The summed E-state index contributed by atoms with van der Waals surface area (Å²) in [5.41, 5.74) is 6.91. The predicted octanol–water partition coefficient (Wildman–Crippen LogP) is -0.0475. The third-order valence-corrected chi connectivity index (χ3v) is 2.60. The Kier molecular flexibility index (Phi) is 4.61. The van der Waals surface area contributed by atoms with E-state index in [4.69, 9.17) is 20.3 Å². The molecule has 0 aliphatic carbocycles. The van der Waals surface area contributed by atoms with Crippen LogP contribution in [0.1, 0.15) is 13.2 Å². The van der Waals surface area contributed by atoms with E-state index < -0.39 is 0 Å². The number of hydrogen-bond donors (Lipinski definition) is 2. The van der Waals surface area contributed by atoms with E-state index in [-0.39, 0.29) is 12.8 Å². The maximum Gasteiger partial charge on any atom is 0.167 e. The highest BCUT2D eigenvalue weighted by atomic mass is 16.5. The molecule has 0 fully saturated rings. The summed E-state index contributed by atoms with van der Waals surface area (Å²) in [6.07, 6.45) is 2.78. The van der Waals surface area contributed by atoms with Gasteiger partial charge in [-0.25, -0.2) is 15.0 Å². The van der Waals surface area contributed by atoms with Crippen LogP contribution in [0.3, 0.4) is 0 Å². The van der Waals surface area contributed by atoms with Gasteiger partial charge in [0.15, 0.2) is 11.5 Å². The van der Waals surface area contributed by atoms with Gasteiger partial charge < -0.3 is 20.3 Å². The molecule has 0 saturated heterocycles. The number of fused-ring (bicyclic) bond motifs is 1. The van der Waals surface area contributed by atoms with Gasteiger partial charge in [0.1, 0.15) is 18.1 Å². The normalized spacial score (nSPS) is 12.9. The molecule has 0 bridgehead atoms. The van der Waals surface area contributed by atoms with E-state index in [9.17, 15) is 0 Å². The van der Waals surface area contributed by atoms with Crippen molar-refractivity contribution in [3.8, 4) is 0 Å². The first kappa shape index (κ1) is 13.7. The van der Waals surface area contributed by atoms with Gasteiger partial charge in [-0.2, -0.15) is 0 Å². The van der Waals surface area contributed by atoms with Crippen LogP contribution < -0.4 is 5.73 Å². The van der Waals surface area contributed by atoms with Gasteiger partial charge in [0.25, 0.3) is 0 Å². The highest BCUT2D eigenvalue weighted by molar-refractivity contribution is 5.81. The number of rotatable bonds is 7. The summed E-state index contributed by atoms with van der Waals surface area (Å²) in [5.74, 6) is 0.349. The van der Waals surface area contributed by atoms with Crippen molar-refractivity contribution >= 4 is 17.0 Å². The zero-order valence-corrected chi connectivity index (χ0v) is 10.7. The highest BCUT2D eigenvalue weighted by Crippen LogP contribution is 2.18. The Hall–Kier alpha value is -1.77. The fourth-order valence-electron chi connectivity index (χ4n) is 1.66. The minimum absolute atomic E-state index is 0.0118. The molecule has 1 atom stereocenters. The van der Waals surface area contributed by atoms with Gasteiger partial charge in [-0.05, 0) is 6.92 Å². The summed E-state index contributed by atoms with van der Waals surface area (Å²) in [6.45, 7) is 3.05. The molecule has 2 aromatic heterocycles. The number of aliphatic hydroxyl groups excluding tert-OH is 1. The van der Waals surface area contributed by atoms with Crippen molar-refractivity contribution in [3.63, 3.8) is 0 Å². The SMILES string of the molecule is CC(OCCOCCO)n1cnc2c(N)ncnc21. The standard InChI is InChI=1S/C11H17N5O3/c1-8(19-5-4-18-3-2-17)16-7-15-9-10(12)13-6-14-11(9)16/h6-8,17H,2-5H2,1H3,(H2,12,13,14). The van der Waals surface area contributed by atoms with Crippen molar-refractivity contribution in [2.45, 2.75) is 13.2 Å². The maximum absolute atomic E-state index is 8.57. The van der Waals surface area contributed by atoms with Crippen LogP contribution in [0.15, 0.2) is 12.7 Å². The Labute approximate surface area is 110 Å². The van der Waals surface area contributed by atoms with Crippen LogP contribution in [0.5, 0.6) is 0 Å². The average Bonchev–Trinajstić information content (AvgIpc) is 2.84. The summed E-state index contributed by atoms with van der Waals surface area (Å²) in [5, 5.41) is 8.57. The first-order valence-corrected chi connectivity index (χ1v) is 5.97. The highest BCUT2D eigenvalue weighted by Gasteiger charge is 2.12. The van der Waals surface area contributed by atoms with E-state index >= 15 is 0 Å². The van der Waals surface area contributed by atoms with E-state index in [1.165, 1.54) is 6.33 Å². The molecule has 104 valence electrons. The fourth-order valence-corrected chi connectivity index (χ4v) is 1.66. The van der Waals surface area contributed by atoms with Gasteiger partial charge in [0.2, 0.25) is 0 Å². The van der Waals surface area contributed by atoms with Crippen LogP contribution in [-0.2, 0) is 9.47 Å². The second-order valence-corrected chi connectivity index (χ2v) is 3.89. The van der Waals surface area contributed by atoms with Crippen LogP contribution in [-0.4, -0.2) is 51.1 Å². The number of ether oxygens (including phenoxy) is 2. The Bertz CT molecular complexity index is 530. The smallest absolute Gasteiger partial charge is 0.167 e. The van der Waals surface area contributed by atoms with Crippen molar-refractivity contribution in [1.82, 2.24) is 19.5 Å². The molecule has 1 unspecified atom stereocenters. The van der Waals surface area contributed by atoms with Gasteiger partial charge in [-0.1, -0.05) is 0 Å². The average molecular weight is 267 g/mol. The van der Waals surface area contributed by atoms with Crippen molar-refractivity contribution in [3.05, 3.63) is 12.7 Å². The number of aromatic nitrogens is 4. The van der Waals surface area contributed by atoms with Crippen molar-refractivity contribution < 1.29 is 14.6 Å². The summed E-state index contributed by atoms with van der Waals surface area (Å²) in [6, 6.07) is 0. The number of nitrogens with zero attached hydrogens (tertiary/aromatic N) is 4. The number of imidazole rings is 1. The van der Waals surface area contributed by atoms with Gasteiger partial charge in [0.05, 0.1) is 32.8 Å². The molecular weight excluding hydrogens is 250 g/mol. The number of nitrogen functional groups attached to an aromatic ring is 1. The third kappa shape index (κ3) is 3.16. The maximum atomic E-state index is 8.57. The Morgan fingerprint density at radius 1 is 1.32 bits per heavy atom. The van der Waals surface area contributed by atoms with Crippen LogP contribution in [0.25, 0.3) is 11.2 Å². The fraction of sp³-hybridized carbons (Fsp3) is 0.545. The number of anilines is 1. The molecule has 0 amide bonds. The molecule has 8 nitrogen and oxygen atoms in total. The molecular formula is C11H17N5O3. The molecule has 3 N–H and O–H groups in total. The second kappa shape index (κ2) is 6.41. The molecule has 0 aliphatic rings. The lowest BCUT2D eigenvalue weighted by atomic mass is 10.5. The van der Waals surface area contributed by atoms with Crippen molar-refractivity contribution in [2.24, 2.45) is 0 Å². The zero-order valence-electron chi connectivity index (χ0n) is 10.7. The van der Waals surface area contributed by atoms with Gasteiger partial charge in [0, 0.05) is 0 Å². The van der Waals surface area contributed by atoms with Crippen molar-refractivity contribution in [1.29, 1.82) is 0 Å². The van der Waals surface area contributed by atoms with E-state index in [1.54, 1.807) is 10.9 Å². The minimum Gasteiger partial charge on any atom is -0.394 e. The summed E-state index contributed by atoms with van der Waals surface area (Å²) >= 11 is 0. The van der Waals surface area contributed by atoms with Crippen LogP contribution in [0, 0.1) is 0 Å². The van der Waals surface area contributed by atoms with Gasteiger partial charge in [-0.3, -0.25) is 4.57 Å². The first-order valence-electron chi connectivity index (χ1n) is 5.97.